The van der Waals surface area contributed by atoms with E-state index in [-0.39, 0.29) is 23.5 Å². The standard InChI is InChI=1S/C36H38N4O5S/c41-35-39(33-20-10-11-21-34(33)40(35)46(44,45)32-18-8-3-9-19-32)31-22-24-38(36(42)43)30(25-31)17-12-23-37(26-28-13-4-1-5-14-28)27-29-15-6-2-7-16-29/h1-11,13-16,18-21,30-31H,12,17,22-27H2,(H,42,43)/t30-,31?/m0/s1. The molecule has 1 unspecified atom stereocenters. The van der Waals surface area contributed by atoms with Crippen LogP contribution in [0.3, 0.4) is 0 Å². The maximum Gasteiger partial charge on any atom is 0.407 e. The summed E-state index contributed by atoms with van der Waals surface area (Å²) in [5.41, 5.74) is 2.63. The van der Waals surface area contributed by atoms with E-state index in [0.717, 1.165) is 30.0 Å². The molecule has 1 saturated heterocycles. The van der Waals surface area contributed by atoms with E-state index >= 15 is 0 Å². The van der Waals surface area contributed by atoms with Crippen molar-refractivity contribution in [3.63, 3.8) is 0 Å². The van der Waals surface area contributed by atoms with Gasteiger partial charge in [-0.3, -0.25) is 9.47 Å². The average Bonchev–Trinajstić information content (AvgIpc) is 3.38. The number of piperidine rings is 1. The molecule has 9 nitrogen and oxygen atoms in total. The number of hydrogen-bond donors (Lipinski definition) is 1. The Bertz CT molecular complexity index is 1900. The molecule has 1 aromatic heterocycles. The number of likely N-dealkylation sites (tertiary alicyclic amines) is 1. The molecule has 6 rings (SSSR count). The van der Waals surface area contributed by atoms with E-state index in [1.54, 1.807) is 47.0 Å². The van der Waals surface area contributed by atoms with Crippen molar-refractivity contribution in [2.75, 3.05) is 13.1 Å². The molecule has 238 valence electrons. The van der Waals surface area contributed by atoms with Gasteiger partial charge in [-0.2, -0.15) is 3.97 Å². The number of imidazole rings is 1. The average molecular weight is 639 g/mol. The summed E-state index contributed by atoms with van der Waals surface area (Å²) in [6.07, 6.45) is 1.24. The molecule has 46 heavy (non-hydrogen) atoms. The van der Waals surface area contributed by atoms with E-state index in [2.05, 4.69) is 29.2 Å². The molecule has 1 aliphatic heterocycles. The van der Waals surface area contributed by atoms with Crippen molar-refractivity contribution in [1.82, 2.24) is 18.3 Å². The molecule has 1 N–H and O–H groups in total. The maximum atomic E-state index is 14.0. The van der Waals surface area contributed by atoms with Crippen LogP contribution in [0.15, 0.2) is 125 Å². The highest BCUT2D eigenvalue weighted by atomic mass is 32.2. The molecule has 0 saturated carbocycles. The molecular weight excluding hydrogens is 600 g/mol. The molecule has 5 aromatic rings. The molecule has 0 bridgehead atoms. The zero-order valence-corrected chi connectivity index (χ0v) is 26.4. The van der Waals surface area contributed by atoms with Crippen molar-refractivity contribution >= 4 is 27.1 Å². The summed E-state index contributed by atoms with van der Waals surface area (Å²) in [7, 11) is -4.15. The van der Waals surface area contributed by atoms with Crippen molar-refractivity contribution in [2.24, 2.45) is 0 Å². The zero-order valence-electron chi connectivity index (χ0n) is 25.6. The molecule has 1 aliphatic rings. The highest BCUT2D eigenvalue weighted by molar-refractivity contribution is 7.90. The van der Waals surface area contributed by atoms with Crippen LogP contribution in [0.5, 0.6) is 0 Å². The minimum atomic E-state index is -4.15. The minimum Gasteiger partial charge on any atom is -0.465 e. The van der Waals surface area contributed by atoms with Gasteiger partial charge in [0.2, 0.25) is 0 Å². The first-order valence-corrected chi connectivity index (χ1v) is 17.1. The normalized spacial score (nSPS) is 17.0. The van der Waals surface area contributed by atoms with Gasteiger partial charge >= 0.3 is 11.8 Å². The Morgan fingerprint density at radius 1 is 0.783 bits per heavy atom. The third-order valence-electron chi connectivity index (χ3n) is 8.83. The Hall–Kier alpha value is -4.67. The highest BCUT2D eigenvalue weighted by Gasteiger charge is 2.35. The predicted octanol–water partition coefficient (Wildman–Crippen LogP) is 6.21. The number of carbonyl (C=O) groups is 1. The summed E-state index contributed by atoms with van der Waals surface area (Å²) >= 11 is 0. The summed E-state index contributed by atoms with van der Waals surface area (Å²) in [6.45, 7) is 2.58. The van der Waals surface area contributed by atoms with Crippen LogP contribution in [-0.2, 0) is 23.1 Å². The zero-order chi connectivity index (χ0) is 32.1. The van der Waals surface area contributed by atoms with Crippen LogP contribution < -0.4 is 5.69 Å². The first-order valence-electron chi connectivity index (χ1n) is 15.7. The van der Waals surface area contributed by atoms with Gasteiger partial charge < -0.3 is 10.0 Å². The number of benzene rings is 4. The summed E-state index contributed by atoms with van der Waals surface area (Å²) in [5.74, 6) is 0. The molecule has 10 heteroatoms. The van der Waals surface area contributed by atoms with Crippen molar-refractivity contribution < 1.29 is 18.3 Å². The number of hydrogen-bond acceptors (Lipinski definition) is 5. The van der Waals surface area contributed by atoms with Gasteiger partial charge in [0, 0.05) is 31.7 Å². The lowest BCUT2D eigenvalue weighted by atomic mass is 9.93. The molecule has 1 amide bonds. The van der Waals surface area contributed by atoms with Crippen molar-refractivity contribution in [2.45, 2.75) is 55.8 Å². The van der Waals surface area contributed by atoms with E-state index in [4.69, 9.17) is 0 Å². The Balaban J connectivity index is 1.24. The third-order valence-corrected chi connectivity index (χ3v) is 10.5. The molecular formula is C36H38N4O5S. The number of fused-ring (bicyclic) bond motifs is 1. The molecule has 4 aromatic carbocycles. The summed E-state index contributed by atoms with van der Waals surface area (Å²) in [4.78, 5) is 30.2. The van der Waals surface area contributed by atoms with Gasteiger partial charge in [0.25, 0.3) is 10.0 Å². The first-order chi connectivity index (χ1) is 22.3. The Kier molecular flexibility index (Phi) is 9.37. The van der Waals surface area contributed by atoms with Gasteiger partial charge in [-0.1, -0.05) is 91.0 Å². The number of aromatic nitrogens is 2. The van der Waals surface area contributed by atoms with E-state index in [9.17, 15) is 23.1 Å². The van der Waals surface area contributed by atoms with E-state index < -0.39 is 21.8 Å². The largest absolute Gasteiger partial charge is 0.465 e. The fourth-order valence-electron chi connectivity index (χ4n) is 6.66. The van der Waals surface area contributed by atoms with Crippen molar-refractivity contribution in [3.8, 4) is 0 Å². The van der Waals surface area contributed by atoms with E-state index in [0.29, 0.717) is 30.3 Å². The van der Waals surface area contributed by atoms with Gasteiger partial charge in [-0.15, -0.1) is 0 Å². The number of carboxylic acid groups (broad SMARTS) is 1. The molecule has 1 fully saturated rings. The minimum absolute atomic E-state index is 0.0362. The molecule has 0 spiro atoms. The smallest absolute Gasteiger partial charge is 0.407 e. The lowest BCUT2D eigenvalue weighted by Crippen LogP contribution is -2.47. The van der Waals surface area contributed by atoms with Crippen molar-refractivity contribution in [3.05, 3.63) is 137 Å². The first kappa shape index (κ1) is 31.3. The third kappa shape index (κ3) is 6.63. The number of nitrogens with zero attached hydrogens (tertiary/aromatic N) is 4. The summed E-state index contributed by atoms with van der Waals surface area (Å²) in [5, 5.41) is 10.1. The SMILES string of the molecule is O=C(O)N1CCC(n2c(=O)n(S(=O)(=O)c3ccccc3)c3ccccc32)C[C@@H]1CCCN(Cc1ccccc1)Cc1ccccc1. The molecule has 0 radical (unpaired) electrons. The number of para-hydroxylation sites is 2. The second-order valence-electron chi connectivity index (χ2n) is 11.9. The van der Waals surface area contributed by atoms with E-state index in [1.165, 1.54) is 28.2 Å². The van der Waals surface area contributed by atoms with Gasteiger partial charge in [0.05, 0.1) is 15.9 Å². The fraction of sp³-hybridized carbons (Fsp3) is 0.278. The lowest BCUT2D eigenvalue weighted by molar-refractivity contribution is 0.0853. The van der Waals surface area contributed by atoms with Crippen LogP contribution in [0.1, 0.15) is 42.9 Å². The van der Waals surface area contributed by atoms with E-state index in [1.807, 2.05) is 36.4 Å². The Morgan fingerprint density at radius 2 is 1.33 bits per heavy atom. The topological polar surface area (TPSA) is 105 Å². The van der Waals surface area contributed by atoms with Crippen LogP contribution in [0, 0.1) is 0 Å². The summed E-state index contributed by atoms with van der Waals surface area (Å²) in [6, 6.07) is 34.8. The maximum absolute atomic E-state index is 14.0. The van der Waals surface area contributed by atoms with Crippen LogP contribution >= 0.6 is 0 Å². The predicted molar refractivity (Wildman–Crippen MR) is 178 cm³/mol. The summed E-state index contributed by atoms with van der Waals surface area (Å²) < 4.78 is 29.9. The molecule has 0 aliphatic carbocycles. The van der Waals surface area contributed by atoms with Crippen LogP contribution in [-0.4, -0.2) is 57.1 Å². The second-order valence-corrected chi connectivity index (χ2v) is 13.6. The highest BCUT2D eigenvalue weighted by Crippen LogP contribution is 2.32. The van der Waals surface area contributed by atoms with Crippen LogP contribution in [0.4, 0.5) is 4.79 Å². The Morgan fingerprint density at radius 3 is 1.91 bits per heavy atom. The molecule has 2 heterocycles. The molecule has 2 atom stereocenters. The fourth-order valence-corrected chi connectivity index (χ4v) is 8.08. The van der Waals surface area contributed by atoms with Gasteiger partial charge in [0.15, 0.2) is 0 Å². The van der Waals surface area contributed by atoms with Crippen molar-refractivity contribution in [1.29, 1.82) is 0 Å². The van der Waals surface area contributed by atoms with Crippen LogP contribution in [0.2, 0.25) is 0 Å². The second kappa shape index (κ2) is 13.8. The number of rotatable bonds is 11. The van der Waals surface area contributed by atoms with Gasteiger partial charge in [-0.05, 0) is 67.6 Å². The quantitative estimate of drug-likeness (QED) is 0.185. The number of amides is 1. The van der Waals surface area contributed by atoms with Gasteiger partial charge in [-0.25, -0.2) is 18.0 Å². The lowest BCUT2D eigenvalue weighted by Gasteiger charge is -2.38. The Labute approximate surface area is 269 Å². The monoisotopic (exact) mass is 638 g/mol. The van der Waals surface area contributed by atoms with Gasteiger partial charge in [0.1, 0.15) is 0 Å². The van der Waals surface area contributed by atoms with Crippen LogP contribution in [0.25, 0.3) is 11.0 Å².